The van der Waals surface area contributed by atoms with Gasteiger partial charge in [-0.3, -0.25) is 9.05 Å². The van der Waals surface area contributed by atoms with Crippen molar-refractivity contribution >= 4 is 7.82 Å². The van der Waals surface area contributed by atoms with Gasteiger partial charge in [-0.2, -0.15) is 0 Å². The first-order valence-electron chi connectivity index (χ1n) is 3.67. The molecule has 0 fully saturated rings. The molecular weight excluding hydrogens is 183 g/mol. The third-order valence-electron chi connectivity index (χ3n) is 0.823. The van der Waals surface area contributed by atoms with Crippen molar-refractivity contribution in [2.75, 3.05) is 6.61 Å². The topological polar surface area (TPSA) is 76.0 Å². The molecule has 74 valence electrons. The lowest BCUT2D eigenvalue weighted by Gasteiger charge is -2.14. The van der Waals surface area contributed by atoms with Crippen LogP contribution in [0.15, 0.2) is 0 Å². The summed E-state index contributed by atoms with van der Waals surface area (Å²) in [6.45, 7) is 4.49. The highest BCUT2D eigenvalue weighted by molar-refractivity contribution is 7.47. The van der Waals surface area contributed by atoms with E-state index in [-0.39, 0.29) is 12.7 Å². The van der Waals surface area contributed by atoms with Crippen LogP contribution in [0, 0.1) is 0 Å². The van der Waals surface area contributed by atoms with E-state index >= 15 is 0 Å². The molecule has 5 nitrogen and oxygen atoms in total. The lowest BCUT2D eigenvalue weighted by atomic mass is 10.5. The standard InChI is InChI=1S/C6H15O5P/c1-5(2)11-12(8,9)10-4-6(3)7/h5-7H,4H2,1-3H3,(H,8,9). The predicted octanol–water partition coefficient (Wildman–Crippen LogP) is 0.909. The van der Waals surface area contributed by atoms with Gasteiger partial charge in [0.05, 0.1) is 18.8 Å². The van der Waals surface area contributed by atoms with Crippen molar-refractivity contribution in [3.8, 4) is 0 Å². The van der Waals surface area contributed by atoms with Crippen molar-refractivity contribution in [1.82, 2.24) is 0 Å². The van der Waals surface area contributed by atoms with Gasteiger partial charge in [0.25, 0.3) is 0 Å². The Labute approximate surface area is 71.9 Å². The second-order valence-corrected chi connectivity index (χ2v) is 4.17. The van der Waals surface area contributed by atoms with Gasteiger partial charge >= 0.3 is 7.82 Å². The van der Waals surface area contributed by atoms with Crippen molar-refractivity contribution < 1.29 is 23.6 Å². The van der Waals surface area contributed by atoms with E-state index in [4.69, 9.17) is 10.00 Å². The number of phosphoric ester groups is 1. The van der Waals surface area contributed by atoms with Gasteiger partial charge in [0.1, 0.15) is 0 Å². The fourth-order valence-electron chi connectivity index (χ4n) is 0.499. The third kappa shape index (κ3) is 6.76. The van der Waals surface area contributed by atoms with Crippen LogP contribution in [-0.2, 0) is 13.6 Å². The molecule has 2 atom stereocenters. The monoisotopic (exact) mass is 198 g/mol. The molecule has 0 aliphatic heterocycles. The SMILES string of the molecule is CC(O)COP(=O)(O)OC(C)C. The van der Waals surface area contributed by atoms with Crippen LogP contribution < -0.4 is 0 Å². The van der Waals surface area contributed by atoms with Gasteiger partial charge < -0.3 is 10.00 Å². The number of aliphatic hydroxyl groups is 1. The quantitative estimate of drug-likeness (QED) is 0.642. The molecule has 0 amide bonds. The Hall–Kier alpha value is 0.0700. The maximum atomic E-state index is 10.9. The van der Waals surface area contributed by atoms with Crippen LogP contribution in [0.4, 0.5) is 0 Å². The van der Waals surface area contributed by atoms with Gasteiger partial charge in [0.2, 0.25) is 0 Å². The van der Waals surface area contributed by atoms with Crippen LogP contribution in [0.1, 0.15) is 20.8 Å². The molecule has 2 N–H and O–H groups in total. The van der Waals surface area contributed by atoms with Crippen LogP contribution in [0.25, 0.3) is 0 Å². The second-order valence-electron chi connectivity index (χ2n) is 2.77. The number of phosphoric acid groups is 1. The molecule has 0 aliphatic carbocycles. The molecule has 0 spiro atoms. The summed E-state index contributed by atoms with van der Waals surface area (Å²) in [6, 6.07) is 0. The van der Waals surface area contributed by atoms with Crippen LogP contribution >= 0.6 is 7.82 Å². The molecule has 0 saturated heterocycles. The van der Waals surface area contributed by atoms with E-state index in [0.29, 0.717) is 0 Å². The molecule has 0 saturated carbocycles. The van der Waals surface area contributed by atoms with Gasteiger partial charge in [-0.25, -0.2) is 4.57 Å². The molecule has 0 aromatic carbocycles. The molecular formula is C6H15O5P. The maximum absolute atomic E-state index is 10.9. The Balaban J connectivity index is 3.80. The van der Waals surface area contributed by atoms with Crippen molar-refractivity contribution in [3.63, 3.8) is 0 Å². The molecule has 0 heterocycles. The van der Waals surface area contributed by atoms with Crippen LogP contribution in [0.2, 0.25) is 0 Å². The Morgan fingerprint density at radius 2 is 1.92 bits per heavy atom. The van der Waals surface area contributed by atoms with E-state index in [9.17, 15) is 4.57 Å². The van der Waals surface area contributed by atoms with E-state index in [2.05, 4.69) is 9.05 Å². The average molecular weight is 198 g/mol. The number of hydrogen-bond acceptors (Lipinski definition) is 4. The van der Waals surface area contributed by atoms with Crippen LogP contribution in [-0.4, -0.2) is 28.8 Å². The first kappa shape index (κ1) is 12.1. The Bertz CT molecular complexity index is 167. The summed E-state index contributed by atoms with van der Waals surface area (Å²) >= 11 is 0. The first-order chi connectivity index (χ1) is 5.33. The Morgan fingerprint density at radius 3 is 2.25 bits per heavy atom. The van der Waals surface area contributed by atoms with Gasteiger partial charge in [-0.15, -0.1) is 0 Å². The fraction of sp³-hybridized carbons (Fsp3) is 1.00. The maximum Gasteiger partial charge on any atom is 0.472 e. The smallest absolute Gasteiger partial charge is 0.391 e. The summed E-state index contributed by atoms with van der Waals surface area (Å²) in [7, 11) is -3.96. The summed E-state index contributed by atoms with van der Waals surface area (Å²) < 4.78 is 19.9. The largest absolute Gasteiger partial charge is 0.472 e. The van der Waals surface area contributed by atoms with E-state index in [1.165, 1.54) is 6.92 Å². The Morgan fingerprint density at radius 1 is 1.42 bits per heavy atom. The summed E-state index contributed by atoms with van der Waals surface area (Å²) in [6.07, 6.45) is -1.16. The van der Waals surface area contributed by atoms with E-state index < -0.39 is 13.9 Å². The molecule has 0 aromatic heterocycles. The van der Waals surface area contributed by atoms with Gasteiger partial charge in [-0.1, -0.05) is 0 Å². The summed E-state index contributed by atoms with van der Waals surface area (Å²) in [5.41, 5.74) is 0. The van der Waals surface area contributed by atoms with Gasteiger partial charge in [0, 0.05) is 0 Å². The van der Waals surface area contributed by atoms with Crippen molar-refractivity contribution in [2.24, 2.45) is 0 Å². The lowest BCUT2D eigenvalue weighted by Crippen LogP contribution is -2.11. The van der Waals surface area contributed by atoms with Gasteiger partial charge in [0.15, 0.2) is 0 Å². The first-order valence-corrected chi connectivity index (χ1v) is 5.17. The highest BCUT2D eigenvalue weighted by Gasteiger charge is 2.22. The molecule has 0 aromatic rings. The van der Waals surface area contributed by atoms with Gasteiger partial charge in [-0.05, 0) is 20.8 Å². The number of rotatable bonds is 5. The van der Waals surface area contributed by atoms with Crippen LogP contribution in [0.5, 0.6) is 0 Å². The molecule has 0 rings (SSSR count). The van der Waals surface area contributed by atoms with Crippen molar-refractivity contribution in [2.45, 2.75) is 33.0 Å². The average Bonchev–Trinajstić information content (AvgIpc) is 1.81. The predicted molar refractivity (Wildman–Crippen MR) is 43.7 cm³/mol. The zero-order valence-corrected chi connectivity index (χ0v) is 8.32. The number of aliphatic hydroxyl groups excluding tert-OH is 1. The minimum absolute atomic E-state index is 0.208. The Kier molecular flexibility index (Phi) is 4.97. The normalized spacial score (nSPS) is 19.2. The molecule has 0 aliphatic rings. The molecule has 12 heavy (non-hydrogen) atoms. The zero-order valence-electron chi connectivity index (χ0n) is 7.43. The second kappa shape index (κ2) is 4.94. The van der Waals surface area contributed by atoms with E-state index in [0.717, 1.165) is 0 Å². The molecule has 6 heteroatoms. The van der Waals surface area contributed by atoms with Crippen molar-refractivity contribution in [1.29, 1.82) is 0 Å². The summed E-state index contributed by atoms with van der Waals surface area (Å²) in [5.74, 6) is 0. The number of hydrogen-bond donors (Lipinski definition) is 2. The zero-order chi connectivity index (χ0) is 9.78. The lowest BCUT2D eigenvalue weighted by molar-refractivity contribution is 0.0718. The molecule has 0 bridgehead atoms. The highest BCUT2D eigenvalue weighted by Crippen LogP contribution is 2.44. The molecule has 2 unspecified atom stereocenters. The summed E-state index contributed by atoms with van der Waals surface area (Å²) in [5, 5.41) is 8.74. The van der Waals surface area contributed by atoms with E-state index in [1.807, 2.05) is 0 Å². The fourth-order valence-corrected chi connectivity index (χ4v) is 1.50. The summed E-state index contributed by atoms with van der Waals surface area (Å²) in [4.78, 5) is 8.93. The third-order valence-corrected chi connectivity index (χ3v) is 1.99. The van der Waals surface area contributed by atoms with Crippen LogP contribution in [0.3, 0.4) is 0 Å². The minimum atomic E-state index is -3.96. The minimum Gasteiger partial charge on any atom is -0.391 e. The van der Waals surface area contributed by atoms with E-state index in [1.54, 1.807) is 13.8 Å². The molecule has 0 radical (unpaired) electrons. The highest BCUT2D eigenvalue weighted by atomic mass is 31.2. The van der Waals surface area contributed by atoms with Crippen molar-refractivity contribution in [3.05, 3.63) is 0 Å².